The fourth-order valence-electron chi connectivity index (χ4n) is 1.83. The minimum atomic E-state index is -4.91. The summed E-state index contributed by atoms with van der Waals surface area (Å²) < 4.78 is 37.7. The second-order valence-electron chi connectivity index (χ2n) is 3.92. The van der Waals surface area contributed by atoms with Gasteiger partial charge in [0, 0.05) is 18.1 Å². The van der Waals surface area contributed by atoms with Gasteiger partial charge in [-0.2, -0.15) is 13.2 Å². The lowest BCUT2D eigenvalue weighted by atomic mass is 10.1. The first-order valence-corrected chi connectivity index (χ1v) is 5.68. The zero-order valence-corrected chi connectivity index (χ0v) is 10.1. The molecule has 0 unspecified atom stereocenters. The van der Waals surface area contributed by atoms with Crippen molar-refractivity contribution in [3.8, 4) is 0 Å². The van der Waals surface area contributed by atoms with Gasteiger partial charge in [-0.25, -0.2) is 0 Å². The number of nitrogens with zero attached hydrogens (tertiary/aromatic N) is 1. The molecule has 2 aromatic rings. The van der Waals surface area contributed by atoms with Crippen LogP contribution in [0, 0.1) is 0 Å². The van der Waals surface area contributed by atoms with Crippen LogP contribution in [0.1, 0.15) is 17.3 Å². The Labute approximate surface area is 107 Å². The second-order valence-corrected chi connectivity index (χ2v) is 3.92. The molecule has 0 atom stereocenters. The molecule has 1 aromatic carbocycles. The number of ketones is 1. The van der Waals surface area contributed by atoms with E-state index in [9.17, 15) is 18.0 Å². The summed E-state index contributed by atoms with van der Waals surface area (Å²) in [6.07, 6.45) is -3.94. The van der Waals surface area contributed by atoms with Crippen LogP contribution in [0.3, 0.4) is 0 Å². The number of hydrogen-bond acceptors (Lipinski definition) is 3. The van der Waals surface area contributed by atoms with Crippen molar-refractivity contribution >= 4 is 22.4 Å². The number of anilines is 1. The Morgan fingerprint density at radius 3 is 2.63 bits per heavy atom. The van der Waals surface area contributed by atoms with E-state index >= 15 is 0 Å². The van der Waals surface area contributed by atoms with Gasteiger partial charge in [0.05, 0.1) is 16.8 Å². The van der Waals surface area contributed by atoms with Crippen molar-refractivity contribution in [3.63, 3.8) is 0 Å². The van der Waals surface area contributed by atoms with Crippen LogP contribution in [0.4, 0.5) is 18.9 Å². The average molecular weight is 268 g/mol. The van der Waals surface area contributed by atoms with Gasteiger partial charge >= 0.3 is 6.18 Å². The van der Waals surface area contributed by atoms with Crippen molar-refractivity contribution in [3.05, 3.63) is 36.0 Å². The summed E-state index contributed by atoms with van der Waals surface area (Å²) in [7, 11) is 0. The topological polar surface area (TPSA) is 42.0 Å². The van der Waals surface area contributed by atoms with Gasteiger partial charge in [-0.1, -0.05) is 18.2 Å². The number of halogens is 3. The molecule has 0 spiro atoms. The van der Waals surface area contributed by atoms with Gasteiger partial charge in [0.25, 0.3) is 5.78 Å². The standard InChI is InChI=1S/C13H11F3N2O/c1-2-17-11-8-5-3-4-6-10(8)18-7-9(11)12(19)13(14,15)16/h3-7H,2H2,1H3,(H,17,18). The van der Waals surface area contributed by atoms with Crippen molar-refractivity contribution in [2.45, 2.75) is 13.1 Å². The van der Waals surface area contributed by atoms with Gasteiger partial charge in [0.2, 0.25) is 0 Å². The van der Waals surface area contributed by atoms with E-state index < -0.39 is 17.5 Å². The van der Waals surface area contributed by atoms with Crippen LogP contribution in [-0.4, -0.2) is 23.5 Å². The third-order valence-electron chi connectivity index (χ3n) is 2.63. The molecule has 0 aliphatic carbocycles. The minimum Gasteiger partial charge on any atom is -0.384 e. The number of carbonyl (C=O) groups is 1. The minimum absolute atomic E-state index is 0.176. The molecule has 0 fully saturated rings. The van der Waals surface area contributed by atoms with Gasteiger partial charge in [-0.15, -0.1) is 0 Å². The monoisotopic (exact) mass is 268 g/mol. The summed E-state index contributed by atoms with van der Waals surface area (Å²) in [4.78, 5) is 15.3. The number of aromatic nitrogens is 1. The fourth-order valence-corrected chi connectivity index (χ4v) is 1.83. The number of benzene rings is 1. The Morgan fingerprint density at radius 1 is 1.32 bits per heavy atom. The number of pyridine rings is 1. The Balaban J connectivity index is 2.67. The van der Waals surface area contributed by atoms with Crippen LogP contribution >= 0.6 is 0 Å². The average Bonchev–Trinajstić information content (AvgIpc) is 2.37. The molecule has 3 nitrogen and oxygen atoms in total. The molecule has 0 aliphatic rings. The number of nitrogens with one attached hydrogen (secondary N) is 1. The second kappa shape index (κ2) is 4.87. The maximum atomic E-state index is 12.6. The smallest absolute Gasteiger partial charge is 0.384 e. The summed E-state index contributed by atoms with van der Waals surface area (Å²) in [5.41, 5.74) is 0.264. The van der Waals surface area contributed by atoms with Crippen molar-refractivity contribution in [1.29, 1.82) is 0 Å². The molecular weight excluding hydrogens is 257 g/mol. The van der Waals surface area contributed by atoms with Gasteiger partial charge in [0.1, 0.15) is 0 Å². The maximum Gasteiger partial charge on any atom is 0.455 e. The highest BCUT2D eigenvalue weighted by Crippen LogP contribution is 2.30. The zero-order chi connectivity index (χ0) is 14.0. The number of fused-ring (bicyclic) bond motifs is 1. The first kappa shape index (κ1) is 13.3. The number of carbonyl (C=O) groups excluding carboxylic acids is 1. The van der Waals surface area contributed by atoms with E-state index in [0.717, 1.165) is 6.20 Å². The molecule has 1 heterocycles. The Bertz CT molecular complexity index is 623. The first-order chi connectivity index (χ1) is 8.95. The zero-order valence-electron chi connectivity index (χ0n) is 10.1. The fraction of sp³-hybridized carbons (Fsp3) is 0.231. The van der Waals surface area contributed by atoms with Crippen LogP contribution in [0.15, 0.2) is 30.5 Å². The molecule has 19 heavy (non-hydrogen) atoms. The summed E-state index contributed by atoms with van der Waals surface area (Å²) in [5.74, 6) is -1.89. The molecule has 2 rings (SSSR count). The maximum absolute atomic E-state index is 12.6. The summed E-state index contributed by atoms with van der Waals surface area (Å²) in [5, 5.41) is 3.31. The SMILES string of the molecule is CCNc1c(C(=O)C(F)(F)F)cnc2ccccc12. The van der Waals surface area contributed by atoms with E-state index in [-0.39, 0.29) is 5.69 Å². The molecule has 0 aliphatic heterocycles. The molecule has 0 saturated carbocycles. The molecular formula is C13H11F3N2O. The highest BCUT2D eigenvalue weighted by Gasteiger charge is 2.41. The van der Waals surface area contributed by atoms with Crippen molar-refractivity contribution in [1.82, 2.24) is 4.98 Å². The lowest BCUT2D eigenvalue weighted by Crippen LogP contribution is -2.24. The molecule has 6 heteroatoms. The first-order valence-electron chi connectivity index (χ1n) is 5.68. The van der Waals surface area contributed by atoms with Crippen LogP contribution in [0.25, 0.3) is 10.9 Å². The summed E-state index contributed by atoms with van der Waals surface area (Å²) >= 11 is 0. The normalized spacial score (nSPS) is 11.6. The molecule has 1 aromatic heterocycles. The van der Waals surface area contributed by atoms with Gasteiger partial charge in [0.15, 0.2) is 0 Å². The Hall–Kier alpha value is -2.11. The van der Waals surface area contributed by atoms with Gasteiger partial charge in [-0.05, 0) is 13.0 Å². The third kappa shape index (κ3) is 2.52. The number of rotatable bonds is 3. The van der Waals surface area contributed by atoms with Crippen molar-refractivity contribution < 1.29 is 18.0 Å². The predicted octanol–water partition coefficient (Wildman–Crippen LogP) is 3.41. The van der Waals surface area contributed by atoms with E-state index in [0.29, 0.717) is 17.4 Å². The third-order valence-corrected chi connectivity index (χ3v) is 2.63. The number of alkyl halides is 3. The summed E-state index contributed by atoms with van der Waals surface area (Å²) in [6, 6.07) is 6.73. The molecule has 0 saturated heterocycles. The Morgan fingerprint density at radius 2 is 2.00 bits per heavy atom. The van der Waals surface area contributed by atoms with E-state index in [1.807, 2.05) is 0 Å². The Kier molecular flexibility index (Phi) is 3.42. The lowest BCUT2D eigenvalue weighted by molar-refractivity contribution is -0.0884. The predicted molar refractivity (Wildman–Crippen MR) is 66.3 cm³/mol. The molecule has 0 radical (unpaired) electrons. The molecule has 100 valence electrons. The van der Waals surface area contributed by atoms with E-state index in [1.165, 1.54) is 0 Å². The van der Waals surface area contributed by atoms with E-state index in [4.69, 9.17) is 0 Å². The molecule has 0 amide bonds. The quantitative estimate of drug-likeness (QED) is 0.867. The summed E-state index contributed by atoms with van der Waals surface area (Å²) in [6.45, 7) is 2.16. The van der Waals surface area contributed by atoms with E-state index in [2.05, 4.69) is 10.3 Å². The van der Waals surface area contributed by atoms with Crippen LogP contribution in [-0.2, 0) is 0 Å². The van der Waals surface area contributed by atoms with Crippen LogP contribution in [0.5, 0.6) is 0 Å². The van der Waals surface area contributed by atoms with Gasteiger partial charge in [-0.3, -0.25) is 9.78 Å². The van der Waals surface area contributed by atoms with Gasteiger partial charge < -0.3 is 5.32 Å². The highest BCUT2D eigenvalue weighted by molar-refractivity contribution is 6.10. The molecule has 0 bridgehead atoms. The highest BCUT2D eigenvalue weighted by atomic mass is 19.4. The van der Waals surface area contributed by atoms with E-state index in [1.54, 1.807) is 31.2 Å². The van der Waals surface area contributed by atoms with Crippen LogP contribution in [0.2, 0.25) is 0 Å². The number of hydrogen-bond donors (Lipinski definition) is 1. The largest absolute Gasteiger partial charge is 0.455 e. The lowest BCUT2D eigenvalue weighted by Gasteiger charge is -2.13. The number of para-hydroxylation sites is 1. The number of Topliss-reactive ketones (excluding diaryl/α,β-unsaturated/α-hetero) is 1. The van der Waals surface area contributed by atoms with Crippen molar-refractivity contribution in [2.24, 2.45) is 0 Å². The molecule has 1 N–H and O–H groups in total. The van der Waals surface area contributed by atoms with Crippen LogP contribution < -0.4 is 5.32 Å². The van der Waals surface area contributed by atoms with Crippen molar-refractivity contribution in [2.75, 3.05) is 11.9 Å².